The van der Waals surface area contributed by atoms with Crippen molar-refractivity contribution in [3.05, 3.63) is 53.9 Å². The molecule has 0 fully saturated rings. The van der Waals surface area contributed by atoms with E-state index in [1.165, 1.54) is 6.26 Å². The van der Waals surface area contributed by atoms with Crippen molar-refractivity contribution in [1.29, 1.82) is 0 Å². The van der Waals surface area contributed by atoms with Crippen LogP contribution in [0, 0.1) is 0 Å². The molecule has 0 aliphatic carbocycles. The molecule has 0 radical (unpaired) electrons. The molecule has 0 atom stereocenters. The Bertz CT molecular complexity index is 848. The summed E-state index contributed by atoms with van der Waals surface area (Å²) in [6, 6.07) is 11.4. The van der Waals surface area contributed by atoms with Gasteiger partial charge in [-0.3, -0.25) is 4.79 Å². The van der Waals surface area contributed by atoms with Gasteiger partial charge in [0.05, 0.1) is 11.6 Å². The lowest BCUT2D eigenvalue weighted by atomic mass is 10.0. The summed E-state index contributed by atoms with van der Waals surface area (Å²) >= 11 is 6.29. The number of nitrogens with zero attached hydrogens (tertiary/aromatic N) is 2. The summed E-state index contributed by atoms with van der Waals surface area (Å²) in [6.45, 7) is 2.63. The molecule has 0 saturated carbocycles. The lowest BCUT2D eigenvalue weighted by molar-refractivity contribution is -0.119. The van der Waals surface area contributed by atoms with Gasteiger partial charge in [-0.2, -0.15) is 0 Å². The molecule has 1 aromatic carbocycles. The maximum Gasteiger partial charge on any atom is 0.239 e. The number of likely N-dealkylation sites (N-methyl/N-ethyl adjacent to an activating group) is 1. The molecule has 2 heterocycles. The molecule has 0 spiro atoms. The summed E-state index contributed by atoms with van der Waals surface area (Å²) in [5, 5.41) is 10.2. The second-order valence-corrected chi connectivity index (χ2v) is 5.73. The number of benzene rings is 1. The largest absolute Gasteiger partial charge is 0.364 e. The number of pyridine rings is 1. The predicted molar refractivity (Wildman–Crippen MR) is 97.4 cm³/mol. The van der Waals surface area contributed by atoms with Crippen LogP contribution in [0.15, 0.2) is 53.4 Å². The number of carbonyl (C=O) groups excluding carboxylic acids is 1. The van der Waals surface area contributed by atoms with E-state index in [4.69, 9.17) is 16.1 Å². The minimum Gasteiger partial charge on any atom is -0.364 e. The van der Waals surface area contributed by atoms with Gasteiger partial charge in [-0.1, -0.05) is 41.0 Å². The second-order valence-electron chi connectivity index (χ2n) is 5.32. The van der Waals surface area contributed by atoms with Crippen molar-refractivity contribution < 1.29 is 9.32 Å². The number of hydrogen-bond donors (Lipinski definition) is 2. The Morgan fingerprint density at radius 3 is 2.64 bits per heavy atom. The summed E-state index contributed by atoms with van der Waals surface area (Å²) in [6.07, 6.45) is 3.11. The quantitative estimate of drug-likeness (QED) is 0.705. The van der Waals surface area contributed by atoms with Crippen LogP contribution >= 0.6 is 11.6 Å². The highest BCUT2D eigenvalue weighted by molar-refractivity contribution is 6.33. The number of aromatic nitrogens is 2. The van der Waals surface area contributed by atoms with E-state index >= 15 is 0 Å². The minimum atomic E-state index is -0.0854. The van der Waals surface area contributed by atoms with Crippen LogP contribution < -0.4 is 10.6 Å². The molecular formula is C18H17ClN4O2. The van der Waals surface area contributed by atoms with Gasteiger partial charge in [-0.05, 0) is 18.6 Å². The van der Waals surface area contributed by atoms with Crippen LogP contribution in [0.5, 0.6) is 0 Å². The van der Waals surface area contributed by atoms with Gasteiger partial charge in [-0.15, -0.1) is 0 Å². The molecule has 0 aliphatic heterocycles. The van der Waals surface area contributed by atoms with Gasteiger partial charge in [0.1, 0.15) is 17.8 Å². The average molecular weight is 357 g/mol. The van der Waals surface area contributed by atoms with Crippen molar-refractivity contribution in [3.63, 3.8) is 0 Å². The molecule has 2 N–H and O–H groups in total. The number of anilines is 1. The number of halogens is 1. The fourth-order valence-corrected chi connectivity index (χ4v) is 2.58. The Balaban J connectivity index is 1.79. The minimum absolute atomic E-state index is 0.0854. The molecule has 1 amide bonds. The van der Waals surface area contributed by atoms with Crippen LogP contribution in [-0.4, -0.2) is 29.1 Å². The molecule has 0 saturated heterocycles. The summed E-state index contributed by atoms with van der Waals surface area (Å²) < 4.78 is 4.86. The third-order valence-corrected chi connectivity index (χ3v) is 3.89. The number of rotatable bonds is 6. The van der Waals surface area contributed by atoms with E-state index in [1.54, 1.807) is 12.3 Å². The van der Waals surface area contributed by atoms with Crippen molar-refractivity contribution in [2.75, 3.05) is 18.4 Å². The lowest BCUT2D eigenvalue weighted by Crippen LogP contribution is -2.29. The molecule has 0 bridgehead atoms. The Morgan fingerprint density at radius 2 is 1.96 bits per heavy atom. The van der Waals surface area contributed by atoms with E-state index in [-0.39, 0.29) is 12.5 Å². The van der Waals surface area contributed by atoms with Crippen molar-refractivity contribution in [2.45, 2.75) is 6.92 Å². The third-order valence-electron chi connectivity index (χ3n) is 3.59. The average Bonchev–Trinajstić information content (AvgIpc) is 3.16. The van der Waals surface area contributed by atoms with E-state index in [1.807, 2.05) is 37.3 Å². The zero-order valence-electron chi connectivity index (χ0n) is 13.6. The lowest BCUT2D eigenvalue weighted by Gasteiger charge is -2.10. The van der Waals surface area contributed by atoms with E-state index in [9.17, 15) is 4.79 Å². The third kappa shape index (κ3) is 4.16. The first-order valence-electron chi connectivity index (χ1n) is 7.84. The molecule has 25 heavy (non-hydrogen) atoms. The van der Waals surface area contributed by atoms with E-state index < -0.39 is 0 Å². The SMILES string of the molecule is CCNC(=O)CNc1cc(-c2ccc(-c3ccon3)cc2)c(Cl)cn1. The predicted octanol–water partition coefficient (Wildman–Crippen LogP) is 3.61. The van der Waals surface area contributed by atoms with Gasteiger partial charge in [0, 0.05) is 29.9 Å². The molecule has 0 aliphatic rings. The standard InChI is InChI=1S/C18H17ClN4O2/c1-2-20-18(24)11-22-17-9-14(15(19)10-21-17)12-3-5-13(6-4-12)16-7-8-25-23-16/h3-10H,2,11H2,1H3,(H,20,24)(H,21,22). The number of nitrogens with one attached hydrogen (secondary N) is 2. The summed E-state index contributed by atoms with van der Waals surface area (Å²) in [7, 11) is 0. The molecular weight excluding hydrogens is 340 g/mol. The molecule has 6 nitrogen and oxygen atoms in total. The second kappa shape index (κ2) is 7.81. The van der Waals surface area contributed by atoms with Gasteiger partial charge in [0.15, 0.2) is 0 Å². The normalized spacial score (nSPS) is 10.5. The molecule has 0 unspecified atom stereocenters. The van der Waals surface area contributed by atoms with Crippen LogP contribution in [0.3, 0.4) is 0 Å². The Hall–Kier alpha value is -2.86. The van der Waals surface area contributed by atoms with Crippen molar-refractivity contribution in [1.82, 2.24) is 15.5 Å². The van der Waals surface area contributed by atoms with Gasteiger partial charge < -0.3 is 15.2 Å². The first kappa shape index (κ1) is 17.0. The Kier molecular flexibility index (Phi) is 5.30. The zero-order valence-corrected chi connectivity index (χ0v) is 14.4. The van der Waals surface area contributed by atoms with Gasteiger partial charge in [0.2, 0.25) is 5.91 Å². The van der Waals surface area contributed by atoms with Gasteiger partial charge in [-0.25, -0.2) is 4.98 Å². The van der Waals surface area contributed by atoms with Gasteiger partial charge >= 0.3 is 0 Å². The maximum absolute atomic E-state index is 11.5. The monoisotopic (exact) mass is 356 g/mol. The topological polar surface area (TPSA) is 80.0 Å². The van der Waals surface area contributed by atoms with E-state index in [2.05, 4.69) is 20.8 Å². The first-order chi connectivity index (χ1) is 12.2. The van der Waals surface area contributed by atoms with Crippen molar-refractivity contribution >= 4 is 23.3 Å². The highest BCUT2D eigenvalue weighted by Crippen LogP contribution is 2.30. The molecule has 128 valence electrons. The number of carbonyl (C=O) groups is 1. The summed E-state index contributed by atoms with van der Waals surface area (Å²) in [5.41, 5.74) is 3.51. The van der Waals surface area contributed by atoms with E-state index in [0.717, 1.165) is 22.4 Å². The zero-order chi connectivity index (χ0) is 17.6. The summed E-state index contributed by atoms with van der Waals surface area (Å²) in [5.74, 6) is 0.504. The molecule has 3 rings (SSSR count). The number of amides is 1. The van der Waals surface area contributed by atoms with Crippen LogP contribution in [0.2, 0.25) is 5.02 Å². The van der Waals surface area contributed by atoms with Crippen LogP contribution in [0.4, 0.5) is 5.82 Å². The van der Waals surface area contributed by atoms with Crippen molar-refractivity contribution in [3.8, 4) is 22.4 Å². The summed E-state index contributed by atoms with van der Waals surface area (Å²) in [4.78, 5) is 15.8. The Morgan fingerprint density at radius 1 is 1.20 bits per heavy atom. The fourth-order valence-electron chi connectivity index (χ4n) is 2.37. The van der Waals surface area contributed by atoms with Crippen molar-refractivity contribution in [2.24, 2.45) is 0 Å². The van der Waals surface area contributed by atoms with E-state index in [0.29, 0.717) is 17.4 Å². The first-order valence-corrected chi connectivity index (χ1v) is 8.22. The molecule has 3 aromatic rings. The highest BCUT2D eigenvalue weighted by atomic mass is 35.5. The smallest absolute Gasteiger partial charge is 0.239 e. The van der Waals surface area contributed by atoms with Gasteiger partial charge in [0.25, 0.3) is 0 Å². The number of hydrogen-bond acceptors (Lipinski definition) is 5. The highest BCUT2D eigenvalue weighted by Gasteiger charge is 2.08. The Labute approximate surface area is 150 Å². The fraction of sp³-hybridized carbons (Fsp3) is 0.167. The van der Waals surface area contributed by atoms with Crippen LogP contribution in [0.25, 0.3) is 22.4 Å². The molecule has 2 aromatic heterocycles. The molecule has 7 heteroatoms. The maximum atomic E-state index is 11.5. The van der Waals surface area contributed by atoms with Crippen LogP contribution in [0.1, 0.15) is 6.92 Å². The van der Waals surface area contributed by atoms with Crippen LogP contribution in [-0.2, 0) is 4.79 Å².